The zero-order chi connectivity index (χ0) is 12.3. The maximum atomic E-state index is 9.90. The molecule has 1 aromatic carbocycles. The highest BCUT2D eigenvalue weighted by molar-refractivity contribution is 9.09. The first kappa shape index (κ1) is 13.5. The third kappa shape index (κ3) is 2.98. The summed E-state index contributed by atoms with van der Waals surface area (Å²) in [6.07, 6.45) is -0.530. The first-order valence-electron chi connectivity index (χ1n) is 5.32. The fourth-order valence-electron chi connectivity index (χ4n) is 1.54. The summed E-state index contributed by atoms with van der Waals surface area (Å²) in [6.45, 7) is 6.46. The van der Waals surface area contributed by atoms with E-state index >= 15 is 0 Å². The van der Waals surface area contributed by atoms with Crippen LogP contribution in [0.25, 0.3) is 0 Å². The zero-order valence-corrected chi connectivity index (χ0v) is 11.8. The molecule has 1 atom stereocenters. The highest BCUT2D eigenvalue weighted by atomic mass is 79.9. The van der Waals surface area contributed by atoms with Gasteiger partial charge in [0.1, 0.15) is 5.75 Å². The van der Waals surface area contributed by atoms with Gasteiger partial charge in [0.05, 0.1) is 13.2 Å². The Labute approximate surface area is 106 Å². The summed E-state index contributed by atoms with van der Waals surface area (Å²) in [5, 5.41) is 10.4. The number of methoxy groups -OCH3 is 1. The number of benzene rings is 1. The molecule has 0 amide bonds. The Morgan fingerprint density at radius 3 is 2.44 bits per heavy atom. The third-order valence-electron chi connectivity index (χ3n) is 2.60. The summed E-state index contributed by atoms with van der Waals surface area (Å²) in [5.74, 6) is 0.736. The van der Waals surface area contributed by atoms with Crippen molar-refractivity contribution in [2.75, 3.05) is 12.4 Å². The first-order valence-corrected chi connectivity index (χ1v) is 6.44. The van der Waals surface area contributed by atoms with E-state index in [1.54, 1.807) is 7.11 Å². The molecule has 0 aliphatic heterocycles. The monoisotopic (exact) mass is 286 g/mol. The molecule has 1 unspecified atom stereocenters. The molecule has 90 valence electrons. The van der Waals surface area contributed by atoms with Crippen LogP contribution < -0.4 is 4.74 Å². The Kier molecular flexibility index (Phi) is 4.39. The standard InChI is InChI=1S/C13H19BrO2/c1-13(2,3)9-5-6-12(16-4)10(7-9)11(15)8-14/h5-7,11,15H,8H2,1-4H3. The van der Waals surface area contributed by atoms with Crippen LogP contribution in [0.15, 0.2) is 18.2 Å². The van der Waals surface area contributed by atoms with E-state index in [0.29, 0.717) is 5.33 Å². The van der Waals surface area contributed by atoms with E-state index in [9.17, 15) is 5.11 Å². The van der Waals surface area contributed by atoms with E-state index in [1.807, 2.05) is 18.2 Å². The third-order valence-corrected chi connectivity index (χ3v) is 3.21. The molecular formula is C13H19BrO2. The smallest absolute Gasteiger partial charge is 0.124 e. The minimum Gasteiger partial charge on any atom is -0.496 e. The largest absolute Gasteiger partial charge is 0.496 e. The second kappa shape index (κ2) is 5.19. The molecule has 0 bridgehead atoms. The van der Waals surface area contributed by atoms with Crippen molar-refractivity contribution in [3.8, 4) is 5.75 Å². The van der Waals surface area contributed by atoms with Gasteiger partial charge in [0.2, 0.25) is 0 Å². The van der Waals surface area contributed by atoms with Crippen LogP contribution in [0.4, 0.5) is 0 Å². The van der Waals surface area contributed by atoms with Crippen LogP contribution in [-0.2, 0) is 5.41 Å². The van der Waals surface area contributed by atoms with Crippen LogP contribution >= 0.6 is 15.9 Å². The van der Waals surface area contributed by atoms with Crippen molar-refractivity contribution in [3.63, 3.8) is 0 Å². The van der Waals surface area contributed by atoms with Crippen molar-refractivity contribution in [1.82, 2.24) is 0 Å². The van der Waals surface area contributed by atoms with Crippen molar-refractivity contribution >= 4 is 15.9 Å². The second-order valence-electron chi connectivity index (χ2n) is 4.88. The molecule has 3 heteroatoms. The predicted octanol–water partition coefficient (Wildman–Crippen LogP) is 3.42. The summed E-state index contributed by atoms with van der Waals surface area (Å²) >= 11 is 3.28. The zero-order valence-electron chi connectivity index (χ0n) is 10.2. The summed E-state index contributed by atoms with van der Waals surface area (Å²) in [6, 6.07) is 5.98. The normalized spacial score (nSPS) is 13.6. The van der Waals surface area contributed by atoms with Gasteiger partial charge in [-0.25, -0.2) is 0 Å². The van der Waals surface area contributed by atoms with E-state index in [1.165, 1.54) is 5.56 Å². The minimum absolute atomic E-state index is 0.0764. The first-order chi connectivity index (χ1) is 7.40. The number of aliphatic hydroxyl groups is 1. The summed E-state index contributed by atoms with van der Waals surface area (Å²) in [7, 11) is 1.62. The number of hydrogen-bond donors (Lipinski definition) is 1. The number of ether oxygens (including phenoxy) is 1. The van der Waals surface area contributed by atoms with Gasteiger partial charge in [0, 0.05) is 10.9 Å². The number of hydrogen-bond acceptors (Lipinski definition) is 2. The molecule has 0 aliphatic rings. The van der Waals surface area contributed by atoms with E-state index in [4.69, 9.17) is 4.74 Å². The fraction of sp³-hybridized carbons (Fsp3) is 0.538. The summed E-state index contributed by atoms with van der Waals surface area (Å²) in [5.41, 5.74) is 2.11. The van der Waals surface area contributed by atoms with Gasteiger partial charge in [-0.2, -0.15) is 0 Å². The lowest BCUT2D eigenvalue weighted by atomic mass is 9.85. The summed E-state index contributed by atoms with van der Waals surface area (Å²) < 4.78 is 5.26. The molecule has 0 aromatic heterocycles. The van der Waals surface area contributed by atoms with Gasteiger partial charge in [-0.3, -0.25) is 0 Å². The van der Waals surface area contributed by atoms with Crippen LogP contribution in [0.5, 0.6) is 5.75 Å². The topological polar surface area (TPSA) is 29.5 Å². The molecule has 1 aromatic rings. The Morgan fingerprint density at radius 1 is 1.38 bits per heavy atom. The Hall–Kier alpha value is -0.540. The van der Waals surface area contributed by atoms with Gasteiger partial charge in [-0.1, -0.05) is 42.8 Å². The maximum Gasteiger partial charge on any atom is 0.124 e. The van der Waals surface area contributed by atoms with Crippen LogP contribution in [0.1, 0.15) is 38.0 Å². The van der Waals surface area contributed by atoms with Gasteiger partial charge in [0.15, 0.2) is 0 Å². The Balaban J connectivity index is 3.21. The molecule has 0 saturated carbocycles. The van der Waals surface area contributed by atoms with Gasteiger partial charge in [-0.15, -0.1) is 0 Å². The number of aliphatic hydroxyl groups excluding tert-OH is 1. The Morgan fingerprint density at radius 2 is 2.00 bits per heavy atom. The molecule has 1 N–H and O–H groups in total. The van der Waals surface area contributed by atoms with Crippen molar-refractivity contribution in [2.24, 2.45) is 0 Å². The quantitative estimate of drug-likeness (QED) is 0.863. The minimum atomic E-state index is -0.530. The van der Waals surface area contributed by atoms with Crippen LogP contribution in [0, 0.1) is 0 Å². The Bertz CT molecular complexity index is 355. The van der Waals surface area contributed by atoms with Crippen molar-refractivity contribution in [3.05, 3.63) is 29.3 Å². The van der Waals surface area contributed by atoms with Gasteiger partial charge >= 0.3 is 0 Å². The van der Waals surface area contributed by atoms with Gasteiger partial charge in [0.25, 0.3) is 0 Å². The SMILES string of the molecule is COc1ccc(C(C)(C)C)cc1C(O)CBr. The van der Waals surface area contributed by atoms with E-state index < -0.39 is 6.10 Å². The van der Waals surface area contributed by atoms with Gasteiger partial charge < -0.3 is 9.84 Å². The average molecular weight is 287 g/mol. The van der Waals surface area contributed by atoms with Crippen molar-refractivity contribution in [2.45, 2.75) is 32.3 Å². The number of rotatable bonds is 3. The predicted molar refractivity (Wildman–Crippen MR) is 70.4 cm³/mol. The molecule has 16 heavy (non-hydrogen) atoms. The van der Waals surface area contributed by atoms with E-state index in [2.05, 4.69) is 36.7 Å². The fourth-order valence-corrected chi connectivity index (χ4v) is 1.89. The van der Waals surface area contributed by atoms with E-state index in [-0.39, 0.29) is 5.41 Å². The highest BCUT2D eigenvalue weighted by Gasteiger charge is 2.18. The van der Waals surface area contributed by atoms with Crippen molar-refractivity contribution in [1.29, 1.82) is 0 Å². The second-order valence-corrected chi connectivity index (χ2v) is 5.52. The molecule has 0 radical (unpaired) electrons. The molecule has 0 aliphatic carbocycles. The molecule has 2 nitrogen and oxygen atoms in total. The lowest BCUT2D eigenvalue weighted by molar-refractivity contribution is 0.200. The molecule has 0 heterocycles. The molecule has 1 rings (SSSR count). The number of alkyl halides is 1. The summed E-state index contributed by atoms with van der Waals surface area (Å²) in [4.78, 5) is 0. The maximum absolute atomic E-state index is 9.90. The highest BCUT2D eigenvalue weighted by Crippen LogP contribution is 2.32. The van der Waals surface area contributed by atoms with Crippen molar-refractivity contribution < 1.29 is 9.84 Å². The lowest BCUT2D eigenvalue weighted by Crippen LogP contribution is -2.13. The molecule has 0 saturated heterocycles. The van der Waals surface area contributed by atoms with Crippen LogP contribution in [-0.4, -0.2) is 17.5 Å². The average Bonchev–Trinajstić information content (AvgIpc) is 2.25. The van der Waals surface area contributed by atoms with Crippen LogP contribution in [0.3, 0.4) is 0 Å². The molecule has 0 fully saturated rings. The van der Waals surface area contributed by atoms with Crippen LogP contribution in [0.2, 0.25) is 0 Å². The van der Waals surface area contributed by atoms with Gasteiger partial charge in [-0.05, 0) is 23.1 Å². The molecular weight excluding hydrogens is 268 g/mol. The number of halogens is 1. The van der Waals surface area contributed by atoms with E-state index in [0.717, 1.165) is 11.3 Å². The lowest BCUT2D eigenvalue weighted by Gasteiger charge is -2.22. The molecule has 0 spiro atoms.